The van der Waals surface area contributed by atoms with Gasteiger partial charge in [-0.25, -0.2) is 19.0 Å². The minimum absolute atomic E-state index is 0.00573. The quantitative estimate of drug-likeness (QED) is 0.262. The Labute approximate surface area is 265 Å². The maximum absolute atomic E-state index is 14.0. The van der Waals surface area contributed by atoms with E-state index in [0.29, 0.717) is 30.3 Å². The highest BCUT2D eigenvalue weighted by Crippen LogP contribution is 2.23. The first-order chi connectivity index (χ1) is 21.5. The van der Waals surface area contributed by atoms with E-state index in [1.54, 1.807) is 17.0 Å². The summed E-state index contributed by atoms with van der Waals surface area (Å²) in [6.45, 7) is 8.03. The molecule has 2 heterocycles. The van der Waals surface area contributed by atoms with Crippen LogP contribution >= 0.6 is 11.6 Å². The molecule has 0 spiro atoms. The second kappa shape index (κ2) is 15.8. The number of nitrogens with one attached hydrogen (secondary N) is 2. The van der Waals surface area contributed by atoms with Crippen molar-refractivity contribution in [2.75, 3.05) is 38.1 Å². The van der Waals surface area contributed by atoms with Gasteiger partial charge < -0.3 is 14.2 Å². The van der Waals surface area contributed by atoms with Crippen molar-refractivity contribution >= 4 is 35.3 Å². The van der Waals surface area contributed by atoms with Crippen LogP contribution in [0.4, 0.5) is 19.4 Å². The fraction of sp³-hybridized carbons (Fsp3) is 0.419. The number of hydrogen-bond donors (Lipinski definition) is 2. The van der Waals surface area contributed by atoms with Crippen LogP contribution in [0, 0.1) is 11.6 Å². The van der Waals surface area contributed by atoms with Crippen molar-refractivity contribution in [3.05, 3.63) is 70.8 Å². The van der Waals surface area contributed by atoms with E-state index in [1.165, 1.54) is 48.3 Å². The van der Waals surface area contributed by atoms with Gasteiger partial charge in [0.25, 0.3) is 0 Å². The Hall–Kier alpha value is -4.07. The zero-order chi connectivity index (χ0) is 32.5. The number of amides is 3. The van der Waals surface area contributed by atoms with Crippen LogP contribution in [0.3, 0.4) is 0 Å². The molecular weight excluding hydrogens is 610 g/mol. The van der Waals surface area contributed by atoms with Crippen LogP contribution in [-0.4, -0.2) is 82.7 Å². The molecule has 2 aromatic carbocycles. The van der Waals surface area contributed by atoms with E-state index in [4.69, 9.17) is 20.9 Å². The summed E-state index contributed by atoms with van der Waals surface area (Å²) in [6.07, 6.45) is -0.607. The molecule has 242 valence electrons. The molecule has 3 amide bonds. The molecule has 45 heavy (non-hydrogen) atoms. The van der Waals surface area contributed by atoms with Crippen molar-refractivity contribution < 1.29 is 32.4 Å². The van der Waals surface area contributed by atoms with Crippen LogP contribution in [0.25, 0.3) is 11.3 Å². The summed E-state index contributed by atoms with van der Waals surface area (Å²) in [6, 6.07) is 11.1. The largest absolute Gasteiger partial charge is 0.447 e. The van der Waals surface area contributed by atoms with Gasteiger partial charge in [-0.2, -0.15) is 0 Å². The number of benzene rings is 2. The number of nitrogens with zero attached hydrogens (tertiary/aromatic N) is 4. The number of anilines is 1. The summed E-state index contributed by atoms with van der Waals surface area (Å²) in [5.41, 5.74) is 3.80. The summed E-state index contributed by atoms with van der Waals surface area (Å²) in [5.74, 6) is -1.27. The lowest BCUT2D eigenvalue weighted by atomic mass is 10.1. The van der Waals surface area contributed by atoms with Gasteiger partial charge in [0.15, 0.2) is 11.6 Å². The van der Waals surface area contributed by atoms with Crippen molar-refractivity contribution in [3.63, 3.8) is 0 Å². The molecule has 4 rings (SSSR count). The highest BCUT2D eigenvalue weighted by Gasteiger charge is 2.27. The van der Waals surface area contributed by atoms with Gasteiger partial charge in [0.2, 0.25) is 11.8 Å². The van der Waals surface area contributed by atoms with Gasteiger partial charge in [0.1, 0.15) is 18.2 Å². The molecule has 1 aliphatic heterocycles. The number of carbonyl (C=O) groups excluding carboxylic acids is 3. The van der Waals surface area contributed by atoms with Crippen LogP contribution in [0.15, 0.2) is 53.1 Å². The Kier molecular flexibility index (Phi) is 11.9. The number of carbonyl (C=O) groups is 3. The molecule has 1 atom stereocenters. The molecule has 0 radical (unpaired) electrons. The van der Waals surface area contributed by atoms with Gasteiger partial charge in [0.05, 0.1) is 11.1 Å². The highest BCUT2D eigenvalue weighted by atomic mass is 35.5. The second-order valence-electron chi connectivity index (χ2n) is 11.0. The topological polar surface area (TPSA) is 120 Å². The fourth-order valence-electron chi connectivity index (χ4n) is 5.00. The first-order valence-electron chi connectivity index (χ1n) is 14.7. The molecule has 2 N–H and O–H groups in total. The van der Waals surface area contributed by atoms with Crippen LogP contribution in [0.1, 0.15) is 39.2 Å². The van der Waals surface area contributed by atoms with Crippen LogP contribution in [-0.2, 0) is 20.9 Å². The smallest absolute Gasteiger partial charge is 0.412 e. The van der Waals surface area contributed by atoms with E-state index in [9.17, 15) is 23.2 Å². The molecule has 1 saturated heterocycles. The van der Waals surface area contributed by atoms with Crippen molar-refractivity contribution in [1.29, 1.82) is 0 Å². The molecular formula is C31H37ClF2N6O5. The maximum Gasteiger partial charge on any atom is 0.412 e. The van der Waals surface area contributed by atoms with Crippen molar-refractivity contribution in [3.8, 4) is 11.3 Å². The number of rotatable bonds is 12. The van der Waals surface area contributed by atoms with Gasteiger partial charge in [-0.1, -0.05) is 41.0 Å². The third-order valence-corrected chi connectivity index (χ3v) is 7.94. The van der Waals surface area contributed by atoms with Gasteiger partial charge in [-0.05, 0) is 44.0 Å². The van der Waals surface area contributed by atoms with E-state index in [-0.39, 0.29) is 48.5 Å². The summed E-state index contributed by atoms with van der Waals surface area (Å²) < 4.78 is 38.2. The number of aromatic nitrogens is 1. The number of hydrazine groups is 1. The first-order valence-corrected chi connectivity index (χ1v) is 15.0. The fourth-order valence-corrected chi connectivity index (χ4v) is 5.19. The third kappa shape index (κ3) is 9.46. The second-order valence-corrected chi connectivity index (χ2v) is 11.3. The van der Waals surface area contributed by atoms with E-state index < -0.39 is 29.7 Å². The summed E-state index contributed by atoms with van der Waals surface area (Å²) >= 11 is 6.10. The van der Waals surface area contributed by atoms with Crippen molar-refractivity contribution in [1.82, 2.24) is 25.4 Å². The van der Waals surface area contributed by atoms with Gasteiger partial charge in [-0.15, -0.1) is 0 Å². The lowest BCUT2D eigenvalue weighted by molar-refractivity contribution is -0.139. The average Bonchev–Trinajstić information content (AvgIpc) is 3.48. The predicted octanol–water partition coefficient (Wildman–Crippen LogP) is 5.08. The number of hydrogen-bond acceptors (Lipinski definition) is 8. The van der Waals surface area contributed by atoms with E-state index >= 15 is 0 Å². The highest BCUT2D eigenvalue weighted by molar-refractivity contribution is 6.31. The first kappa shape index (κ1) is 33.8. The molecule has 3 aromatic rings. The molecule has 0 aliphatic carbocycles. The number of halogens is 3. The van der Waals surface area contributed by atoms with E-state index in [1.807, 2.05) is 0 Å². The predicted molar refractivity (Wildman–Crippen MR) is 164 cm³/mol. The van der Waals surface area contributed by atoms with Crippen LogP contribution in [0.2, 0.25) is 5.02 Å². The third-order valence-electron chi connectivity index (χ3n) is 7.52. The number of ether oxygens (including phenoxy) is 1. The minimum atomic E-state index is -0.882. The molecule has 0 saturated carbocycles. The lowest BCUT2D eigenvalue weighted by Gasteiger charge is -2.37. The Bertz CT molecular complexity index is 1480. The van der Waals surface area contributed by atoms with Crippen LogP contribution in [0.5, 0.6) is 0 Å². The zero-order valence-corrected chi connectivity index (χ0v) is 26.2. The SMILES string of the molecule is CC(=O)N(NCc1cccc(F)c1Cl)[C@@H](CCC(=O)N1CCN(C(C)C)CC1)COC(=O)Nc1cc(-c2cccc(F)c2)on1. The summed E-state index contributed by atoms with van der Waals surface area (Å²) in [7, 11) is 0. The molecule has 0 unspecified atom stereocenters. The summed E-state index contributed by atoms with van der Waals surface area (Å²) in [4.78, 5) is 42.7. The monoisotopic (exact) mass is 646 g/mol. The minimum Gasteiger partial charge on any atom is -0.447 e. The standard InChI is InChI=1S/C31H37ClF2N6O5/c1-20(2)38-12-14-39(15-13-38)29(42)11-10-25(40(21(3)41)35-18-23-7-5-9-26(34)30(23)32)19-44-31(43)36-28-17-27(45-37-28)22-6-4-8-24(33)16-22/h4-9,16-17,20,25,35H,10-15,18-19H2,1-3H3,(H,36,37,43)/t25-/m0/s1. The van der Waals surface area contributed by atoms with E-state index in [2.05, 4.69) is 34.6 Å². The Morgan fingerprint density at radius 1 is 1.09 bits per heavy atom. The Morgan fingerprint density at radius 2 is 1.82 bits per heavy atom. The molecule has 14 heteroatoms. The Morgan fingerprint density at radius 3 is 2.51 bits per heavy atom. The maximum atomic E-state index is 14.0. The van der Waals surface area contributed by atoms with Gasteiger partial charge in [-0.3, -0.25) is 24.8 Å². The summed E-state index contributed by atoms with van der Waals surface area (Å²) in [5, 5.41) is 7.40. The molecule has 11 nitrogen and oxygen atoms in total. The molecule has 0 bridgehead atoms. The molecule has 1 aliphatic rings. The molecule has 1 fully saturated rings. The number of piperazine rings is 1. The van der Waals surface area contributed by atoms with Crippen LogP contribution < -0.4 is 10.7 Å². The zero-order valence-electron chi connectivity index (χ0n) is 25.4. The molecule has 1 aromatic heterocycles. The Balaban J connectivity index is 1.41. The normalized spacial score (nSPS) is 14.3. The van der Waals surface area contributed by atoms with Crippen molar-refractivity contribution in [2.24, 2.45) is 0 Å². The van der Waals surface area contributed by atoms with Crippen molar-refractivity contribution in [2.45, 2.75) is 52.2 Å². The lowest BCUT2D eigenvalue weighted by Crippen LogP contribution is -2.52. The van der Waals surface area contributed by atoms with Gasteiger partial charge >= 0.3 is 6.09 Å². The average molecular weight is 647 g/mol. The van der Waals surface area contributed by atoms with E-state index in [0.717, 1.165) is 13.1 Å². The van der Waals surface area contributed by atoms with Gasteiger partial charge in [0, 0.05) is 63.7 Å².